The van der Waals surface area contributed by atoms with Gasteiger partial charge in [0.05, 0.1) is 23.7 Å². The van der Waals surface area contributed by atoms with E-state index in [1.165, 1.54) is 32.4 Å². The Morgan fingerprint density at radius 2 is 1.86 bits per heavy atom. The lowest BCUT2D eigenvalue weighted by Crippen LogP contribution is -2.33. The molecule has 184 valence electrons. The molecule has 9 nitrogen and oxygen atoms in total. The molecular formula is C25H31ClN8O. The molecular weight excluding hydrogens is 464 g/mol. The fraction of sp³-hybridized carbons (Fsp3) is 0.440. The summed E-state index contributed by atoms with van der Waals surface area (Å²) in [6, 6.07) is 5.74. The lowest BCUT2D eigenvalue weighted by molar-refractivity contribution is 0.237. The highest BCUT2D eigenvalue weighted by Gasteiger charge is 2.17. The summed E-state index contributed by atoms with van der Waals surface area (Å²) in [5.74, 6) is 2.09. The third-order valence-electron chi connectivity index (χ3n) is 6.55. The van der Waals surface area contributed by atoms with E-state index in [1.54, 1.807) is 7.11 Å². The van der Waals surface area contributed by atoms with E-state index in [9.17, 15) is 0 Å². The Balaban J connectivity index is 1.44. The van der Waals surface area contributed by atoms with E-state index < -0.39 is 0 Å². The Bertz CT molecular complexity index is 1320. The van der Waals surface area contributed by atoms with Gasteiger partial charge in [-0.1, -0.05) is 24.1 Å². The van der Waals surface area contributed by atoms with Crippen LogP contribution in [-0.4, -0.2) is 63.2 Å². The molecule has 0 radical (unpaired) electrons. The van der Waals surface area contributed by atoms with Crippen molar-refractivity contribution in [3.05, 3.63) is 41.2 Å². The predicted molar refractivity (Wildman–Crippen MR) is 140 cm³/mol. The van der Waals surface area contributed by atoms with Crippen molar-refractivity contribution in [3.8, 4) is 5.75 Å². The zero-order valence-corrected chi connectivity index (χ0v) is 21.0. The number of benzene rings is 1. The molecule has 1 aromatic carbocycles. The van der Waals surface area contributed by atoms with Crippen LogP contribution in [0.1, 0.15) is 31.7 Å². The highest BCUT2D eigenvalue weighted by atomic mass is 35.5. The summed E-state index contributed by atoms with van der Waals surface area (Å²) in [5, 5.41) is 24.0. The van der Waals surface area contributed by atoms with Gasteiger partial charge in [-0.25, -0.2) is 9.67 Å². The summed E-state index contributed by atoms with van der Waals surface area (Å²) in [7, 11) is 1.61. The molecule has 0 bridgehead atoms. The molecule has 10 heteroatoms. The van der Waals surface area contributed by atoms with Gasteiger partial charge in [-0.2, -0.15) is 5.10 Å². The molecule has 0 atom stereocenters. The SMILES string of the molecule is CCn1ncc2c3c(NCc4ccc(OC)c(Cl)c4)nnc(NCCN4CCCCC4)c3cnc21. The van der Waals surface area contributed by atoms with Crippen LogP contribution in [0.3, 0.4) is 0 Å². The number of hydrogen-bond acceptors (Lipinski definition) is 8. The molecule has 0 saturated carbocycles. The van der Waals surface area contributed by atoms with Crippen LogP contribution in [0.25, 0.3) is 21.8 Å². The van der Waals surface area contributed by atoms with Gasteiger partial charge in [0.2, 0.25) is 0 Å². The minimum absolute atomic E-state index is 0.543. The number of fused-ring (bicyclic) bond motifs is 3. The Labute approximate surface area is 209 Å². The zero-order chi connectivity index (χ0) is 24.2. The number of methoxy groups -OCH3 is 1. The molecule has 0 amide bonds. The second-order valence-corrected chi connectivity index (χ2v) is 9.20. The van der Waals surface area contributed by atoms with Gasteiger partial charge in [-0.3, -0.25) is 0 Å². The van der Waals surface area contributed by atoms with Crippen molar-refractivity contribution in [1.29, 1.82) is 0 Å². The molecule has 2 N–H and O–H groups in total. The van der Waals surface area contributed by atoms with Crippen LogP contribution >= 0.6 is 11.6 Å². The summed E-state index contributed by atoms with van der Waals surface area (Å²) in [6.07, 6.45) is 7.64. The quantitative estimate of drug-likeness (QED) is 0.349. The zero-order valence-electron chi connectivity index (χ0n) is 20.2. The number of nitrogens with one attached hydrogen (secondary N) is 2. The first-order valence-electron chi connectivity index (χ1n) is 12.2. The van der Waals surface area contributed by atoms with Crippen LogP contribution in [0, 0.1) is 0 Å². The van der Waals surface area contributed by atoms with Crippen LogP contribution in [0.5, 0.6) is 5.75 Å². The number of anilines is 2. The second-order valence-electron chi connectivity index (χ2n) is 8.79. The fourth-order valence-electron chi connectivity index (χ4n) is 4.67. The number of hydrogen-bond donors (Lipinski definition) is 2. The lowest BCUT2D eigenvalue weighted by Gasteiger charge is -2.26. The number of pyridine rings is 1. The molecule has 3 aromatic heterocycles. The van der Waals surface area contributed by atoms with Gasteiger partial charge in [0.15, 0.2) is 17.3 Å². The third kappa shape index (κ3) is 4.97. The molecule has 1 fully saturated rings. The number of likely N-dealkylation sites (tertiary alicyclic amines) is 1. The smallest absolute Gasteiger partial charge is 0.158 e. The molecule has 0 spiro atoms. The first-order chi connectivity index (χ1) is 17.2. The van der Waals surface area contributed by atoms with Crippen molar-refractivity contribution in [1.82, 2.24) is 29.9 Å². The van der Waals surface area contributed by atoms with E-state index in [4.69, 9.17) is 21.3 Å². The Kier molecular flexibility index (Phi) is 7.15. The van der Waals surface area contributed by atoms with Crippen LogP contribution < -0.4 is 15.4 Å². The van der Waals surface area contributed by atoms with Crippen molar-refractivity contribution < 1.29 is 4.74 Å². The average Bonchev–Trinajstić information content (AvgIpc) is 3.32. The summed E-state index contributed by atoms with van der Waals surface area (Å²) < 4.78 is 7.16. The minimum atomic E-state index is 0.543. The van der Waals surface area contributed by atoms with E-state index in [0.717, 1.165) is 52.8 Å². The average molecular weight is 495 g/mol. The van der Waals surface area contributed by atoms with Crippen LogP contribution in [-0.2, 0) is 13.1 Å². The fourth-order valence-corrected chi connectivity index (χ4v) is 4.95. The maximum atomic E-state index is 6.32. The Morgan fingerprint density at radius 1 is 1.03 bits per heavy atom. The summed E-state index contributed by atoms with van der Waals surface area (Å²) in [5.41, 5.74) is 1.85. The van der Waals surface area contributed by atoms with Gasteiger partial charge in [0.1, 0.15) is 5.75 Å². The lowest BCUT2D eigenvalue weighted by atomic mass is 10.1. The number of ether oxygens (including phenoxy) is 1. The van der Waals surface area contributed by atoms with Gasteiger partial charge in [-0.05, 0) is 50.6 Å². The van der Waals surface area contributed by atoms with E-state index in [2.05, 4.69) is 37.8 Å². The molecule has 4 heterocycles. The summed E-state index contributed by atoms with van der Waals surface area (Å²) >= 11 is 6.32. The highest BCUT2D eigenvalue weighted by Crippen LogP contribution is 2.32. The maximum Gasteiger partial charge on any atom is 0.158 e. The molecule has 1 aliphatic heterocycles. The highest BCUT2D eigenvalue weighted by molar-refractivity contribution is 6.32. The monoisotopic (exact) mass is 494 g/mol. The molecule has 1 saturated heterocycles. The Morgan fingerprint density at radius 3 is 2.63 bits per heavy atom. The molecule has 0 unspecified atom stereocenters. The number of nitrogens with zero attached hydrogens (tertiary/aromatic N) is 6. The van der Waals surface area contributed by atoms with Crippen molar-refractivity contribution >= 4 is 45.0 Å². The van der Waals surface area contributed by atoms with E-state index in [-0.39, 0.29) is 0 Å². The van der Waals surface area contributed by atoms with Crippen LogP contribution in [0.4, 0.5) is 11.6 Å². The van der Waals surface area contributed by atoms with Crippen molar-refractivity contribution in [3.63, 3.8) is 0 Å². The number of halogens is 1. The number of aryl methyl sites for hydroxylation is 1. The van der Waals surface area contributed by atoms with Crippen molar-refractivity contribution in [2.75, 3.05) is 43.9 Å². The molecule has 35 heavy (non-hydrogen) atoms. The predicted octanol–water partition coefficient (Wildman–Crippen LogP) is 4.57. The third-order valence-corrected chi connectivity index (χ3v) is 6.85. The van der Waals surface area contributed by atoms with Crippen molar-refractivity contribution in [2.24, 2.45) is 0 Å². The molecule has 4 aromatic rings. The van der Waals surface area contributed by atoms with Crippen molar-refractivity contribution in [2.45, 2.75) is 39.3 Å². The first kappa shape index (κ1) is 23.6. The van der Waals surface area contributed by atoms with E-state index in [1.807, 2.05) is 35.3 Å². The van der Waals surface area contributed by atoms with Gasteiger partial charge in [-0.15, -0.1) is 10.2 Å². The second kappa shape index (κ2) is 10.6. The van der Waals surface area contributed by atoms with Crippen LogP contribution in [0.2, 0.25) is 5.02 Å². The number of piperidine rings is 1. The largest absolute Gasteiger partial charge is 0.495 e. The topological polar surface area (TPSA) is 93.0 Å². The molecule has 1 aliphatic rings. The van der Waals surface area contributed by atoms with Gasteiger partial charge in [0, 0.05) is 43.1 Å². The van der Waals surface area contributed by atoms with E-state index >= 15 is 0 Å². The molecule has 0 aliphatic carbocycles. The summed E-state index contributed by atoms with van der Waals surface area (Å²) in [4.78, 5) is 7.22. The van der Waals surface area contributed by atoms with Crippen LogP contribution in [0.15, 0.2) is 30.6 Å². The number of aromatic nitrogens is 5. The summed E-state index contributed by atoms with van der Waals surface area (Å²) in [6.45, 7) is 7.49. The number of rotatable bonds is 9. The van der Waals surface area contributed by atoms with E-state index in [0.29, 0.717) is 23.1 Å². The van der Waals surface area contributed by atoms with Gasteiger partial charge < -0.3 is 20.3 Å². The maximum absolute atomic E-state index is 6.32. The standard InChI is InChI=1S/C25H31ClN8O/c1-3-34-25-19(16-30-34)22-18(15-29-25)23(27-9-12-33-10-5-4-6-11-33)31-32-24(22)28-14-17-7-8-21(35-2)20(26)13-17/h7-8,13,15-16H,3-6,9-12,14H2,1-2H3,(H,27,31)(H,28,32). The molecule has 5 rings (SSSR count). The minimum Gasteiger partial charge on any atom is -0.495 e. The first-order valence-corrected chi connectivity index (χ1v) is 12.6. The normalized spacial score (nSPS) is 14.5. The van der Waals surface area contributed by atoms with Gasteiger partial charge in [0.25, 0.3) is 0 Å². The Hall–Kier alpha value is -3.17. The van der Waals surface area contributed by atoms with Gasteiger partial charge >= 0.3 is 0 Å².